The Morgan fingerprint density at radius 2 is 1.76 bits per heavy atom. The lowest BCUT2D eigenvalue weighted by atomic mass is 9.85. The van der Waals surface area contributed by atoms with E-state index in [9.17, 15) is 9.59 Å². The van der Waals surface area contributed by atoms with Gasteiger partial charge in [0.05, 0.1) is 13.2 Å². The predicted octanol–water partition coefficient (Wildman–Crippen LogP) is 3.10. The first-order chi connectivity index (χ1) is 14.0. The molecule has 154 valence electrons. The van der Waals surface area contributed by atoms with Gasteiger partial charge in [-0.15, -0.1) is 0 Å². The van der Waals surface area contributed by atoms with E-state index in [1.165, 1.54) is 4.90 Å². The van der Waals surface area contributed by atoms with Gasteiger partial charge in [0.25, 0.3) is 5.91 Å². The molecule has 0 aliphatic carbocycles. The molecular formula is C23H29N3O3. The fourth-order valence-electron chi connectivity index (χ4n) is 4.74. The summed E-state index contributed by atoms with van der Waals surface area (Å²) < 4.78 is 5.27. The number of urea groups is 1. The number of imide groups is 1. The van der Waals surface area contributed by atoms with Crippen molar-refractivity contribution in [3.05, 3.63) is 48.0 Å². The van der Waals surface area contributed by atoms with Gasteiger partial charge in [0, 0.05) is 33.3 Å². The number of amides is 3. The largest absolute Gasteiger partial charge is 0.383 e. The highest BCUT2D eigenvalue weighted by Crippen LogP contribution is 2.37. The number of likely N-dealkylation sites (N-methyl/N-ethyl adjacent to an activating group) is 1. The maximum atomic E-state index is 13.4. The molecule has 0 N–H and O–H groups in total. The number of likely N-dealkylation sites (tertiary alicyclic amines) is 1. The highest BCUT2D eigenvalue weighted by molar-refractivity contribution is 6.07. The average molecular weight is 396 g/mol. The van der Waals surface area contributed by atoms with Gasteiger partial charge < -0.3 is 9.64 Å². The number of rotatable bonds is 5. The Kier molecular flexibility index (Phi) is 5.32. The van der Waals surface area contributed by atoms with Crippen LogP contribution in [0.15, 0.2) is 42.5 Å². The Balaban J connectivity index is 1.51. The lowest BCUT2D eigenvalue weighted by Gasteiger charge is -2.42. The summed E-state index contributed by atoms with van der Waals surface area (Å²) in [7, 11) is 3.48. The smallest absolute Gasteiger partial charge is 0.327 e. The van der Waals surface area contributed by atoms with E-state index in [1.807, 2.05) is 24.3 Å². The standard InChI is InChI=1S/C23H29N3O3/c1-17(16-29-3)25-12-10-23(11-13-25)21(27)26(22(28)24(23)2)15-18-8-9-19-6-4-5-7-20(19)14-18/h4-9,14,17H,10-13,15-16H2,1-3H3. The summed E-state index contributed by atoms with van der Waals surface area (Å²) in [6.07, 6.45) is 1.33. The Bertz CT molecular complexity index is 920. The number of piperidine rings is 1. The molecule has 0 aromatic heterocycles. The number of fused-ring (bicyclic) bond motifs is 1. The molecule has 2 saturated heterocycles. The van der Waals surface area contributed by atoms with Crippen LogP contribution in [0.5, 0.6) is 0 Å². The van der Waals surface area contributed by atoms with Crippen LogP contribution in [-0.2, 0) is 16.1 Å². The van der Waals surface area contributed by atoms with E-state index >= 15 is 0 Å². The van der Waals surface area contributed by atoms with E-state index < -0.39 is 5.54 Å². The maximum absolute atomic E-state index is 13.4. The first kappa shape index (κ1) is 19.9. The normalized spacial score (nSPS) is 20.8. The fraction of sp³-hybridized carbons (Fsp3) is 0.478. The second-order valence-corrected chi connectivity index (χ2v) is 8.29. The van der Waals surface area contributed by atoms with Crippen LogP contribution in [0.3, 0.4) is 0 Å². The van der Waals surface area contributed by atoms with Gasteiger partial charge in [0.1, 0.15) is 5.54 Å². The van der Waals surface area contributed by atoms with Crippen molar-refractivity contribution in [2.24, 2.45) is 0 Å². The van der Waals surface area contributed by atoms with Gasteiger partial charge in [-0.1, -0.05) is 36.4 Å². The van der Waals surface area contributed by atoms with Gasteiger partial charge in [0.15, 0.2) is 0 Å². The minimum Gasteiger partial charge on any atom is -0.383 e. The van der Waals surface area contributed by atoms with E-state index in [2.05, 4.69) is 30.0 Å². The zero-order chi connectivity index (χ0) is 20.6. The zero-order valence-corrected chi connectivity index (χ0v) is 17.4. The third-order valence-electron chi connectivity index (χ3n) is 6.61. The molecule has 4 rings (SSSR count). The van der Waals surface area contributed by atoms with Gasteiger partial charge in [-0.3, -0.25) is 14.6 Å². The van der Waals surface area contributed by atoms with Crippen molar-refractivity contribution >= 4 is 22.7 Å². The van der Waals surface area contributed by atoms with Gasteiger partial charge in [0.2, 0.25) is 0 Å². The number of benzene rings is 2. The number of nitrogens with zero attached hydrogens (tertiary/aromatic N) is 3. The number of ether oxygens (including phenoxy) is 1. The summed E-state index contributed by atoms with van der Waals surface area (Å²) in [4.78, 5) is 31.8. The number of methoxy groups -OCH3 is 1. The van der Waals surface area contributed by atoms with E-state index in [4.69, 9.17) is 4.74 Å². The van der Waals surface area contributed by atoms with Crippen LogP contribution < -0.4 is 0 Å². The van der Waals surface area contributed by atoms with Crippen molar-refractivity contribution in [3.63, 3.8) is 0 Å². The summed E-state index contributed by atoms with van der Waals surface area (Å²) in [5, 5.41) is 2.27. The van der Waals surface area contributed by atoms with Crippen molar-refractivity contribution in [3.8, 4) is 0 Å². The molecule has 1 spiro atoms. The van der Waals surface area contributed by atoms with Crippen molar-refractivity contribution in [1.82, 2.24) is 14.7 Å². The molecule has 2 aliphatic rings. The summed E-state index contributed by atoms with van der Waals surface area (Å²) in [6.45, 7) is 4.70. The fourth-order valence-corrected chi connectivity index (χ4v) is 4.74. The molecule has 2 fully saturated rings. The number of hydrogen-bond donors (Lipinski definition) is 0. The van der Waals surface area contributed by atoms with Crippen LogP contribution in [0.25, 0.3) is 10.8 Å². The highest BCUT2D eigenvalue weighted by atomic mass is 16.5. The summed E-state index contributed by atoms with van der Waals surface area (Å²) in [6, 6.07) is 14.4. The molecule has 6 heteroatoms. The van der Waals surface area contributed by atoms with Gasteiger partial charge in [-0.25, -0.2) is 4.79 Å². The Morgan fingerprint density at radius 3 is 2.45 bits per heavy atom. The quantitative estimate of drug-likeness (QED) is 0.730. The molecule has 2 aliphatic heterocycles. The molecule has 0 radical (unpaired) electrons. The maximum Gasteiger partial charge on any atom is 0.327 e. The number of carbonyl (C=O) groups excluding carboxylic acids is 2. The Morgan fingerprint density at radius 1 is 1.07 bits per heavy atom. The van der Waals surface area contributed by atoms with Gasteiger partial charge >= 0.3 is 6.03 Å². The monoisotopic (exact) mass is 395 g/mol. The molecule has 0 bridgehead atoms. The van der Waals surface area contributed by atoms with Crippen molar-refractivity contribution in [2.75, 3.05) is 33.9 Å². The molecule has 2 aromatic rings. The minimum atomic E-state index is -0.711. The van der Waals surface area contributed by atoms with Gasteiger partial charge in [-0.2, -0.15) is 0 Å². The number of carbonyl (C=O) groups is 2. The molecule has 0 saturated carbocycles. The molecular weight excluding hydrogens is 366 g/mol. The third-order valence-corrected chi connectivity index (χ3v) is 6.61. The molecule has 1 atom stereocenters. The third kappa shape index (κ3) is 3.40. The van der Waals surface area contributed by atoms with Crippen molar-refractivity contribution in [1.29, 1.82) is 0 Å². The second-order valence-electron chi connectivity index (χ2n) is 8.29. The SMILES string of the molecule is COCC(C)N1CCC2(CC1)C(=O)N(Cc1ccc3ccccc3c1)C(=O)N2C. The molecule has 2 heterocycles. The molecule has 3 amide bonds. The summed E-state index contributed by atoms with van der Waals surface area (Å²) in [5.41, 5.74) is 0.263. The first-order valence-corrected chi connectivity index (χ1v) is 10.3. The topological polar surface area (TPSA) is 53.1 Å². The Hall–Kier alpha value is -2.44. The molecule has 6 nitrogen and oxygen atoms in total. The Labute approximate surface area is 172 Å². The van der Waals surface area contributed by atoms with E-state index in [0.29, 0.717) is 32.0 Å². The van der Waals surface area contributed by atoms with Crippen LogP contribution in [0.4, 0.5) is 4.79 Å². The second kappa shape index (κ2) is 7.76. The molecule has 2 aromatic carbocycles. The van der Waals surface area contributed by atoms with Crippen LogP contribution in [-0.4, -0.2) is 72.1 Å². The lowest BCUT2D eigenvalue weighted by molar-refractivity contribution is -0.136. The lowest BCUT2D eigenvalue weighted by Crippen LogP contribution is -2.57. The van der Waals surface area contributed by atoms with E-state index in [1.54, 1.807) is 19.1 Å². The first-order valence-electron chi connectivity index (χ1n) is 10.3. The van der Waals surface area contributed by atoms with Gasteiger partial charge in [-0.05, 0) is 42.2 Å². The van der Waals surface area contributed by atoms with Crippen LogP contribution in [0.1, 0.15) is 25.3 Å². The zero-order valence-electron chi connectivity index (χ0n) is 17.4. The average Bonchev–Trinajstić information content (AvgIpc) is 2.90. The molecule has 1 unspecified atom stereocenters. The number of hydrogen-bond acceptors (Lipinski definition) is 4. The summed E-state index contributed by atoms with van der Waals surface area (Å²) >= 11 is 0. The van der Waals surface area contributed by atoms with Crippen LogP contribution >= 0.6 is 0 Å². The van der Waals surface area contributed by atoms with Crippen molar-refractivity contribution < 1.29 is 14.3 Å². The summed E-state index contributed by atoms with van der Waals surface area (Å²) in [5.74, 6) is -0.0581. The van der Waals surface area contributed by atoms with E-state index in [-0.39, 0.29) is 11.9 Å². The predicted molar refractivity (Wildman–Crippen MR) is 113 cm³/mol. The highest BCUT2D eigenvalue weighted by Gasteiger charge is 2.56. The molecule has 29 heavy (non-hydrogen) atoms. The van der Waals surface area contributed by atoms with Crippen molar-refractivity contribution in [2.45, 2.75) is 37.9 Å². The minimum absolute atomic E-state index is 0.0581. The van der Waals surface area contributed by atoms with Crippen LogP contribution in [0.2, 0.25) is 0 Å². The van der Waals surface area contributed by atoms with E-state index in [0.717, 1.165) is 29.4 Å². The van der Waals surface area contributed by atoms with Crippen LogP contribution in [0, 0.1) is 0 Å².